The van der Waals surface area contributed by atoms with Gasteiger partial charge in [-0.1, -0.05) is 29.5 Å². The third-order valence-electron chi connectivity index (χ3n) is 5.35. The Labute approximate surface area is 192 Å². The van der Waals surface area contributed by atoms with Crippen LogP contribution in [0.25, 0.3) is 10.6 Å². The molecule has 0 spiro atoms. The fourth-order valence-electron chi connectivity index (χ4n) is 3.83. The number of piperidine rings is 1. The van der Waals surface area contributed by atoms with Crippen LogP contribution in [-0.4, -0.2) is 47.4 Å². The van der Waals surface area contributed by atoms with Crippen molar-refractivity contribution in [2.75, 3.05) is 13.1 Å². The maximum Gasteiger partial charge on any atom is 0.275 e. The van der Waals surface area contributed by atoms with Crippen LogP contribution in [0, 0.1) is 12.7 Å². The SMILES string of the molecule is Cc1nn2c(=O)cc(CSc3nnc(CN4CCCCC4)n3-c3ccc(F)cc3)nc2s1. The van der Waals surface area contributed by atoms with E-state index in [-0.39, 0.29) is 11.4 Å². The predicted molar refractivity (Wildman–Crippen MR) is 122 cm³/mol. The lowest BCUT2D eigenvalue weighted by atomic mass is 10.1. The van der Waals surface area contributed by atoms with Crippen LogP contribution in [0.4, 0.5) is 4.39 Å². The number of hydrogen-bond acceptors (Lipinski definition) is 8. The number of likely N-dealkylation sites (tertiary alicyclic amines) is 1. The molecule has 0 aliphatic carbocycles. The molecule has 0 amide bonds. The molecule has 1 aliphatic rings. The average molecular weight is 472 g/mol. The maximum atomic E-state index is 13.5. The van der Waals surface area contributed by atoms with Gasteiger partial charge in [-0.05, 0) is 57.1 Å². The van der Waals surface area contributed by atoms with Gasteiger partial charge in [0.05, 0.1) is 12.2 Å². The first kappa shape index (κ1) is 21.2. The number of benzene rings is 1. The van der Waals surface area contributed by atoms with Gasteiger partial charge in [0, 0.05) is 17.5 Å². The van der Waals surface area contributed by atoms with Gasteiger partial charge in [0.1, 0.15) is 10.8 Å². The summed E-state index contributed by atoms with van der Waals surface area (Å²) in [5.41, 5.74) is 1.28. The smallest absolute Gasteiger partial charge is 0.275 e. The fourth-order valence-corrected chi connectivity index (χ4v) is 5.46. The van der Waals surface area contributed by atoms with Gasteiger partial charge in [-0.2, -0.15) is 9.61 Å². The molecule has 11 heteroatoms. The van der Waals surface area contributed by atoms with Crippen molar-refractivity contribution in [1.29, 1.82) is 0 Å². The molecule has 0 bridgehead atoms. The van der Waals surface area contributed by atoms with Crippen molar-refractivity contribution in [2.45, 2.75) is 43.6 Å². The van der Waals surface area contributed by atoms with Gasteiger partial charge < -0.3 is 0 Å². The largest absolute Gasteiger partial charge is 0.296 e. The van der Waals surface area contributed by atoms with Crippen LogP contribution in [0.15, 0.2) is 40.3 Å². The second-order valence-corrected chi connectivity index (χ2v) is 9.84. The normalized spacial score (nSPS) is 14.9. The van der Waals surface area contributed by atoms with Gasteiger partial charge in [-0.15, -0.1) is 10.2 Å². The molecule has 0 unspecified atom stereocenters. The standard InChI is InChI=1S/C21H22FN7OS2/c1-14-26-29-19(30)11-16(23-20(29)32-14)13-31-21-25-24-18(12-27-9-3-2-4-10-27)28(21)17-7-5-15(22)6-8-17/h5-8,11H,2-4,9-10,12-13H2,1H3. The zero-order valence-corrected chi connectivity index (χ0v) is 19.2. The minimum absolute atomic E-state index is 0.194. The summed E-state index contributed by atoms with van der Waals surface area (Å²) < 4.78 is 16.8. The van der Waals surface area contributed by atoms with E-state index in [0.29, 0.717) is 28.1 Å². The van der Waals surface area contributed by atoms with Crippen molar-refractivity contribution < 1.29 is 4.39 Å². The van der Waals surface area contributed by atoms with Crippen LogP contribution < -0.4 is 5.56 Å². The van der Waals surface area contributed by atoms with Crippen molar-refractivity contribution in [3.63, 3.8) is 0 Å². The van der Waals surface area contributed by atoms with Gasteiger partial charge in [0.15, 0.2) is 11.0 Å². The van der Waals surface area contributed by atoms with Crippen LogP contribution in [0.3, 0.4) is 0 Å². The van der Waals surface area contributed by atoms with E-state index in [4.69, 9.17) is 0 Å². The second-order valence-electron chi connectivity index (χ2n) is 7.74. The Kier molecular flexibility index (Phi) is 6.03. The molecule has 1 aliphatic heterocycles. The summed E-state index contributed by atoms with van der Waals surface area (Å²) in [6.45, 7) is 4.63. The topological polar surface area (TPSA) is 81.2 Å². The van der Waals surface area contributed by atoms with Crippen LogP contribution in [0.5, 0.6) is 0 Å². The molecule has 166 valence electrons. The number of halogens is 1. The average Bonchev–Trinajstić information content (AvgIpc) is 3.36. The first-order valence-corrected chi connectivity index (χ1v) is 12.3. The van der Waals surface area contributed by atoms with Crippen molar-refractivity contribution in [1.82, 2.24) is 34.3 Å². The third kappa shape index (κ3) is 4.45. The molecule has 0 N–H and O–H groups in total. The molecule has 8 nitrogen and oxygen atoms in total. The molecular weight excluding hydrogens is 449 g/mol. The number of aromatic nitrogens is 6. The number of aryl methyl sites for hydroxylation is 1. The highest BCUT2D eigenvalue weighted by Crippen LogP contribution is 2.26. The van der Waals surface area contributed by atoms with E-state index in [2.05, 4.69) is 25.2 Å². The Bertz CT molecular complexity index is 1290. The number of fused-ring (bicyclic) bond motifs is 1. The minimum atomic E-state index is -0.286. The van der Waals surface area contributed by atoms with Crippen molar-refractivity contribution in [3.05, 3.63) is 63.0 Å². The van der Waals surface area contributed by atoms with Gasteiger partial charge in [0.2, 0.25) is 4.96 Å². The monoisotopic (exact) mass is 471 g/mol. The highest BCUT2D eigenvalue weighted by molar-refractivity contribution is 7.98. The Morgan fingerprint density at radius 2 is 1.91 bits per heavy atom. The molecule has 0 saturated carbocycles. The maximum absolute atomic E-state index is 13.5. The van der Waals surface area contributed by atoms with Gasteiger partial charge in [0.25, 0.3) is 5.56 Å². The van der Waals surface area contributed by atoms with Crippen molar-refractivity contribution in [2.24, 2.45) is 0 Å². The molecule has 0 atom stereocenters. The quantitative estimate of drug-likeness (QED) is 0.398. The first-order valence-electron chi connectivity index (χ1n) is 10.5. The Morgan fingerprint density at radius 3 is 2.69 bits per heavy atom. The van der Waals surface area contributed by atoms with E-state index in [1.165, 1.54) is 65.1 Å². The number of hydrogen-bond donors (Lipinski definition) is 0. The van der Waals surface area contributed by atoms with E-state index in [1.54, 1.807) is 12.1 Å². The zero-order chi connectivity index (χ0) is 22.1. The molecule has 32 heavy (non-hydrogen) atoms. The lowest BCUT2D eigenvalue weighted by Crippen LogP contribution is -2.30. The number of nitrogens with zero attached hydrogens (tertiary/aromatic N) is 7. The van der Waals surface area contributed by atoms with E-state index < -0.39 is 0 Å². The predicted octanol–water partition coefficient (Wildman–Crippen LogP) is 3.46. The Morgan fingerprint density at radius 1 is 1.12 bits per heavy atom. The van der Waals surface area contributed by atoms with E-state index in [1.807, 2.05) is 11.5 Å². The third-order valence-corrected chi connectivity index (χ3v) is 7.13. The molecular formula is C21H22FN7OS2. The van der Waals surface area contributed by atoms with Crippen LogP contribution in [-0.2, 0) is 12.3 Å². The summed E-state index contributed by atoms with van der Waals surface area (Å²) in [6, 6.07) is 7.86. The van der Waals surface area contributed by atoms with E-state index in [9.17, 15) is 9.18 Å². The van der Waals surface area contributed by atoms with Crippen molar-refractivity contribution >= 4 is 28.1 Å². The molecule has 1 saturated heterocycles. The summed E-state index contributed by atoms with van der Waals surface area (Å²) in [4.78, 5) is 19.9. The fraction of sp³-hybridized carbons (Fsp3) is 0.381. The molecule has 4 aromatic rings. The zero-order valence-electron chi connectivity index (χ0n) is 17.6. The minimum Gasteiger partial charge on any atom is -0.296 e. The number of thioether (sulfide) groups is 1. The first-order chi connectivity index (χ1) is 15.6. The lowest BCUT2D eigenvalue weighted by molar-refractivity contribution is 0.214. The molecule has 3 aromatic heterocycles. The number of rotatable bonds is 6. The summed E-state index contributed by atoms with van der Waals surface area (Å²) >= 11 is 2.84. The van der Waals surface area contributed by atoms with Crippen LogP contribution in [0.2, 0.25) is 0 Å². The molecule has 1 fully saturated rings. The Hall–Kier alpha value is -2.63. The highest BCUT2D eigenvalue weighted by atomic mass is 32.2. The molecule has 0 radical (unpaired) electrons. The Balaban J connectivity index is 1.43. The second kappa shape index (κ2) is 9.08. The lowest BCUT2D eigenvalue weighted by Gasteiger charge is -2.26. The van der Waals surface area contributed by atoms with E-state index in [0.717, 1.165) is 29.6 Å². The molecule has 4 heterocycles. The van der Waals surface area contributed by atoms with E-state index >= 15 is 0 Å². The highest BCUT2D eigenvalue weighted by Gasteiger charge is 2.19. The van der Waals surface area contributed by atoms with Crippen molar-refractivity contribution in [3.8, 4) is 5.69 Å². The summed E-state index contributed by atoms with van der Waals surface area (Å²) in [5.74, 6) is 1.00. The molecule has 5 rings (SSSR count). The summed E-state index contributed by atoms with van der Waals surface area (Å²) in [5, 5.41) is 14.5. The van der Waals surface area contributed by atoms with Crippen LogP contribution >= 0.6 is 23.1 Å². The van der Waals surface area contributed by atoms with Crippen LogP contribution in [0.1, 0.15) is 35.8 Å². The molecule has 1 aromatic carbocycles. The van der Waals surface area contributed by atoms with Gasteiger partial charge in [-0.25, -0.2) is 9.37 Å². The van der Waals surface area contributed by atoms with Gasteiger partial charge >= 0.3 is 0 Å². The summed E-state index contributed by atoms with van der Waals surface area (Å²) in [7, 11) is 0. The van der Waals surface area contributed by atoms with Gasteiger partial charge in [-0.3, -0.25) is 14.3 Å². The summed E-state index contributed by atoms with van der Waals surface area (Å²) in [6.07, 6.45) is 3.64.